The molecule has 0 radical (unpaired) electrons. The number of sulfonamides is 1. The van der Waals surface area contributed by atoms with Gasteiger partial charge < -0.3 is 0 Å². The third-order valence-electron chi connectivity index (χ3n) is 1.88. The molecule has 1 N–H and O–H groups in total. The Morgan fingerprint density at radius 3 is 2.06 bits per heavy atom. The molecule has 17 heavy (non-hydrogen) atoms. The van der Waals surface area contributed by atoms with E-state index < -0.39 is 25.1 Å². The third-order valence-corrected chi connectivity index (χ3v) is 4.21. The molecule has 0 aromatic heterocycles. The summed E-state index contributed by atoms with van der Waals surface area (Å²) in [4.78, 5) is -0.504. The van der Waals surface area contributed by atoms with E-state index in [4.69, 9.17) is 0 Å². The van der Waals surface area contributed by atoms with Crippen LogP contribution in [0.5, 0.6) is 0 Å². The number of nitrogens with one attached hydrogen (secondary N) is 1. The van der Waals surface area contributed by atoms with Crippen LogP contribution in [0.3, 0.4) is 0 Å². The molecule has 0 bridgehead atoms. The molecular formula is C9H12FNO4S2. The zero-order chi connectivity index (χ0) is 13.1. The van der Waals surface area contributed by atoms with Gasteiger partial charge in [0.2, 0.25) is 10.0 Å². The topological polar surface area (TPSA) is 80.3 Å². The molecule has 96 valence electrons. The van der Waals surface area contributed by atoms with E-state index in [2.05, 4.69) is 4.72 Å². The van der Waals surface area contributed by atoms with E-state index in [1.165, 1.54) is 12.1 Å². The van der Waals surface area contributed by atoms with Crippen LogP contribution in [0.2, 0.25) is 0 Å². The van der Waals surface area contributed by atoms with Crippen molar-refractivity contribution in [3.8, 4) is 0 Å². The molecule has 5 nitrogen and oxygen atoms in total. The molecule has 0 aliphatic heterocycles. The second-order valence-electron chi connectivity index (χ2n) is 3.38. The van der Waals surface area contributed by atoms with Crippen molar-refractivity contribution in [1.82, 2.24) is 0 Å². The standard InChI is InChI=1S/C9H12FNO4S2/c1-2-7-16(12,13)11-8-3-5-9(6-4-8)17(10,14)15/h3-6,11H,2,7H2,1H3. The predicted octanol–water partition coefficient (Wildman–Crippen LogP) is 1.50. The first-order valence-electron chi connectivity index (χ1n) is 4.80. The molecule has 1 aromatic carbocycles. The first-order chi connectivity index (χ1) is 7.74. The summed E-state index contributed by atoms with van der Waals surface area (Å²) in [6.07, 6.45) is 0.465. The van der Waals surface area contributed by atoms with Gasteiger partial charge in [-0.05, 0) is 30.7 Å². The Hall–Kier alpha value is -1.15. The van der Waals surface area contributed by atoms with E-state index in [9.17, 15) is 20.7 Å². The Kier molecular flexibility index (Phi) is 4.10. The van der Waals surface area contributed by atoms with Gasteiger partial charge in [0.25, 0.3) is 0 Å². The summed E-state index contributed by atoms with van der Waals surface area (Å²) >= 11 is 0. The maximum Gasteiger partial charge on any atom is 0.332 e. The van der Waals surface area contributed by atoms with Crippen LogP contribution >= 0.6 is 0 Å². The monoisotopic (exact) mass is 281 g/mol. The number of hydrogen-bond acceptors (Lipinski definition) is 4. The summed E-state index contributed by atoms with van der Waals surface area (Å²) in [5.41, 5.74) is 0.200. The summed E-state index contributed by atoms with van der Waals surface area (Å²) in [7, 11) is -8.18. The molecule has 0 aliphatic carbocycles. The Bertz CT molecular complexity index is 578. The van der Waals surface area contributed by atoms with Crippen molar-refractivity contribution in [2.24, 2.45) is 0 Å². The summed E-state index contributed by atoms with van der Waals surface area (Å²) in [6.45, 7) is 1.72. The number of rotatable bonds is 5. The number of hydrogen-bond donors (Lipinski definition) is 1. The van der Waals surface area contributed by atoms with Gasteiger partial charge in [-0.25, -0.2) is 8.42 Å². The molecule has 0 saturated heterocycles. The lowest BCUT2D eigenvalue weighted by molar-refractivity contribution is 0.552. The highest BCUT2D eigenvalue weighted by Gasteiger charge is 2.12. The average molecular weight is 281 g/mol. The van der Waals surface area contributed by atoms with E-state index in [-0.39, 0.29) is 11.4 Å². The molecular weight excluding hydrogens is 269 g/mol. The van der Waals surface area contributed by atoms with Crippen LogP contribution < -0.4 is 4.72 Å². The van der Waals surface area contributed by atoms with Crippen LogP contribution in [-0.2, 0) is 20.2 Å². The molecule has 1 aromatic rings. The predicted molar refractivity (Wildman–Crippen MR) is 62.4 cm³/mol. The van der Waals surface area contributed by atoms with E-state index in [0.29, 0.717) is 6.42 Å². The second kappa shape index (κ2) is 5.01. The van der Waals surface area contributed by atoms with Gasteiger partial charge in [-0.3, -0.25) is 4.72 Å². The zero-order valence-electron chi connectivity index (χ0n) is 9.05. The van der Waals surface area contributed by atoms with Crippen LogP contribution in [0.25, 0.3) is 0 Å². The normalized spacial score (nSPS) is 12.4. The minimum Gasteiger partial charge on any atom is -0.284 e. The lowest BCUT2D eigenvalue weighted by Gasteiger charge is -2.06. The Balaban J connectivity index is 2.90. The molecule has 0 fully saturated rings. The highest BCUT2D eigenvalue weighted by atomic mass is 32.3. The fourth-order valence-corrected chi connectivity index (χ4v) is 2.78. The summed E-state index contributed by atoms with van der Waals surface area (Å²) in [6, 6.07) is 4.39. The van der Waals surface area contributed by atoms with Crippen molar-refractivity contribution in [3.05, 3.63) is 24.3 Å². The lowest BCUT2D eigenvalue weighted by Crippen LogP contribution is -2.16. The van der Waals surface area contributed by atoms with Crippen LogP contribution in [0, 0.1) is 0 Å². The van der Waals surface area contributed by atoms with Gasteiger partial charge in [0.1, 0.15) is 0 Å². The molecule has 0 aliphatic rings. The molecule has 0 saturated carbocycles. The maximum atomic E-state index is 12.5. The first-order valence-corrected chi connectivity index (χ1v) is 7.83. The Labute approximate surface area is 99.9 Å². The van der Waals surface area contributed by atoms with Crippen molar-refractivity contribution in [3.63, 3.8) is 0 Å². The molecule has 8 heteroatoms. The summed E-state index contributed by atoms with van der Waals surface area (Å²) in [5.74, 6) is -0.0316. The van der Waals surface area contributed by atoms with Crippen molar-refractivity contribution in [1.29, 1.82) is 0 Å². The fraction of sp³-hybridized carbons (Fsp3) is 0.333. The lowest BCUT2D eigenvalue weighted by atomic mass is 10.3. The SMILES string of the molecule is CCCS(=O)(=O)Nc1ccc(S(=O)(=O)F)cc1. The largest absolute Gasteiger partial charge is 0.332 e. The molecule has 0 heterocycles. The highest BCUT2D eigenvalue weighted by Crippen LogP contribution is 2.16. The third kappa shape index (κ3) is 4.31. The fourth-order valence-electron chi connectivity index (χ4n) is 1.18. The highest BCUT2D eigenvalue weighted by molar-refractivity contribution is 7.92. The number of anilines is 1. The van der Waals surface area contributed by atoms with Gasteiger partial charge >= 0.3 is 10.2 Å². The molecule has 1 rings (SSSR count). The smallest absolute Gasteiger partial charge is 0.284 e. The Morgan fingerprint density at radius 1 is 1.12 bits per heavy atom. The number of benzene rings is 1. The van der Waals surface area contributed by atoms with Gasteiger partial charge in [-0.15, -0.1) is 3.89 Å². The van der Waals surface area contributed by atoms with E-state index >= 15 is 0 Å². The van der Waals surface area contributed by atoms with E-state index in [1.54, 1.807) is 6.92 Å². The van der Waals surface area contributed by atoms with Crippen molar-refractivity contribution in [2.75, 3.05) is 10.5 Å². The van der Waals surface area contributed by atoms with Gasteiger partial charge in [-0.2, -0.15) is 8.42 Å². The molecule has 0 unspecified atom stereocenters. The van der Waals surface area contributed by atoms with E-state index in [0.717, 1.165) is 12.1 Å². The quantitative estimate of drug-likeness (QED) is 0.829. The molecule has 0 spiro atoms. The molecule has 0 atom stereocenters. The first kappa shape index (κ1) is 13.9. The second-order valence-corrected chi connectivity index (χ2v) is 6.57. The van der Waals surface area contributed by atoms with Crippen LogP contribution in [0.15, 0.2) is 29.2 Å². The van der Waals surface area contributed by atoms with Crippen LogP contribution in [0.4, 0.5) is 9.57 Å². The van der Waals surface area contributed by atoms with Crippen LogP contribution in [-0.4, -0.2) is 22.6 Å². The van der Waals surface area contributed by atoms with E-state index in [1.807, 2.05) is 0 Å². The van der Waals surface area contributed by atoms with Crippen molar-refractivity contribution >= 4 is 25.9 Å². The average Bonchev–Trinajstić information content (AvgIpc) is 2.16. The van der Waals surface area contributed by atoms with Gasteiger partial charge in [0.05, 0.1) is 10.6 Å². The zero-order valence-corrected chi connectivity index (χ0v) is 10.7. The summed E-state index contributed by atoms with van der Waals surface area (Å²) in [5, 5.41) is 0. The maximum absolute atomic E-state index is 12.5. The van der Waals surface area contributed by atoms with Crippen LogP contribution in [0.1, 0.15) is 13.3 Å². The minimum atomic E-state index is -4.75. The molecule has 0 amide bonds. The minimum absolute atomic E-state index is 0.0316. The number of halogens is 1. The summed E-state index contributed by atoms with van der Waals surface area (Å²) < 4.78 is 58.6. The van der Waals surface area contributed by atoms with Gasteiger partial charge in [0.15, 0.2) is 0 Å². The van der Waals surface area contributed by atoms with Crippen molar-refractivity contribution < 1.29 is 20.7 Å². The van der Waals surface area contributed by atoms with Gasteiger partial charge in [0, 0.05) is 5.69 Å². The Morgan fingerprint density at radius 2 is 1.65 bits per heavy atom. The van der Waals surface area contributed by atoms with Gasteiger partial charge in [-0.1, -0.05) is 6.92 Å². The van der Waals surface area contributed by atoms with Crippen molar-refractivity contribution in [2.45, 2.75) is 18.2 Å².